The molecule has 0 saturated heterocycles. The Balaban J connectivity index is 1.82. The number of carbonyl (C=O) groups excluding carboxylic acids is 1. The zero-order valence-corrected chi connectivity index (χ0v) is 24.0. The summed E-state index contributed by atoms with van der Waals surface area (Å²) in [5.74, 6) is -0.135. The van der Waals surface area contributed by atoms with Crippen molar-refractivity contribution in [1.82, 2.24) is 20.5 Å². The van der Waals surface area contributed by atoms with Gasteiger partial charge in [0.05, 0.1) is 23.8 Å². The molecule has 0 unspecified atom stereocenters. The Morgan fingerprint density at radius 2 is 1.76 bits per heavy atom. The predicted molar refractivity (Wildman–Crippen MR) is 156 cm³/mol. The van der Waals surface area contributed by atoms with Gasteiger partial charge in [-0.15, -0.1) is 0 Å². The highest BCUT2D eigenvalue weighted by atomic mass is 32.2. The van der Waals surface area contributed by atoms with Crippen LogP contribution in [0.3, 0.4) is 0 Å². The summed E-state index contributed by atoms with van der Waals surface area (Å²) in [6, 6.07) is 6.62. The van der Waals surface area contributed by atoms with Crippen LogP contribution in [0.2, 0.25) is 0 Å². The predicted octanol–water partition coefficient (Wildman–Crippen LogP) is 7.58. The van der Waals surface area contributed by atoms with Crippen LogP contribution in [0.5, 0.6) is 0 Å². The molecule has 0 fully saturated rings. The van der Waals surface area contributed by atoms with Crippen LogP contribution in [0.25, 0.3) is 22.6 Å². The van der Waals surface area contributed by atoms with Gasteiger partial charge in [0.1, 0.15) is 0 Å². The molecule has 2 N–H and O–H groups in total. The standard InChI is InChI=1S/C31H36N4OS/c1-10-32-31(36)29-21(7)19(5)17(3)14-27(29)37-26-15-25-28(22(8)20(26)6)30(35-34-25)18(4)13-24-12-11-16(2)23(9)33-24/h11-15H,10H2,1-9H3,(H,32,36)(H,34,35)/b18-13+/i14D. The van der Waals surface area contributed by atoms with Crippen molar-refractivity contribution in [3.05, 3.63) is 80.3 Å². The normalized spacial score (nSPS) is 12.2. The van der Waals surface area contributed by atoms with Crippen LogP contribution in [0.1, 0.15) is 76.0 Å². The SMILES string of the molecule is [2H]c1c(C)c(C)c(C)c(C(=O)NCC)c1Sc1cc2[nH]nc(/C(C)=C/c3ccc(C)c(C)n3)c2c(C)c1C. The monoisotopic (exact) mass is 513 g/mol. The molecule has 4 aromatic rings. The first-order valence-electron chi connectivity index (χ1n) is 13.1. The minimum atomic E-state index is -0.135. The topological polar surface area (TPSA) is 70.7 Å². The van der Waals surface area contributed by atoms with Crippen LogP contribution in [0.15, 0.2) is 34.0 Å². The summed E-state index contributed by atoms with van der Waals surface area (Å²) in [6.45, 7) is 18.7. The number of aromatic amines is 1. The highest BCUT2D eigenvalue weighted by Crippen LogP contribution is 2.40. The molecule has 0 radical (unpaired) electrons. The van der Waals surface area contributed by atoms with E-state index in [0.29, 0.717) is 23.0 Å². The van der Waals surface area contributed by atoms with Gasteiger partial charge in [0.25, 0.3) is 5.91 Å². The molecule has 2 aromatic carbocycles. The molecule has 192 valence electrons. The second kappa shape index (κ2) is 10.5. The van der Waals surface area contributed by atoms with Gasteiger partial charge >= 0.3 is 0 Å². The van der Waals surface area contributed by atoms with E-state index < -0.39 is 0 Å². The Bertz CT molecular complexity index is 1620. The summed E-state index contributed by atoms with van der Waals surface area (Å²) < 4.78 is 8.90. The van der Waals surface area contributed by atoms with Crippen molar-refractivity contribution < 1.29 is 6.17 Å². The summed E-state index contributed by atoms with van der Waals surface area (Å²) >= 11 is 1.49. The van der Waals surface area contributed by atoms with E-state index in [1.807, 2.05) is 40.7 Å². The third kappa shape index (κ3) is 5.08. The van der Waals surface area contributed by atoms with Crippen molar-refractivity contribution in [2.45, 2.75) is 72.1 Å². The molecular formula is C31H36N4OS. The maximum atomic E-state index is 13.1. The summed E-state index contributed by atoms with van der Waals surface area (Å²) in [5, 5.41) is 11.9. The maximum absolute atomic E-state index is 13.1. The lowest BCUT2D eigenvalue weighted by molar-refractivity contribution is 0.0952. The largest absolute Gasteiger partial charge is 0.352 e. The molecule has 2 heterocycles. The Morgan fingerprint density at radius 3 is 2.43 bits per heavy atom. The van der Waals surface area contributed by atoms with Crippen molar-refractivity contribution >= 4 is 40.2 Å². The number of hydrogen-bond donors (Lipinski definition) is 2. The van der Waals surface area contributed by atoms with Crippen LogP contribution in [0.4, 0.5) is 0 Å². The summed E-state index contributed by atoms with van der Waals surface area (Å²) in [7, 11) is 0. The summed E-state index contributed by atoms with van der Waals surface area (Å²) in [6.07, 6.45) is 2.07. The van der Waals surface area contributed by atoms with Gasteiger partial charge in [0.2, 0.25) is 0 Å². The number of amides is 1. The number of H-pyrrole nitrogens is 1. The van der Waals surface area contributed by atoms with Crippen molar-refractivity contribution in [3.63, 3.8) is 0 Å². The lowest BCUT2D eigenvalue weighted by Gasteiger charge is -2.18. The second-order valence-corrected chi connectivity index (χ2v) is 10.8. The number of fused-ring (bicyclic) bond motifs is 1. The van der Waals surface area contributed by atoms with Crippen molar-refractivity contribution in [2.75, 3.05) is 6.54 Å². The fourth-order valence-electron chi connectivity index (χ4n) is 4.54. The molecule has 4 rings (SSSR count). The highest BCUT2D eigenvalue weighted by Gasteiger charge is 2.21. The van der Waals surface area contributed by atoms with E-state index in [9.17, 15) is 4.79 Å². The number of rotatable bonds is 6. The van der Waals surface area contributed by atoms with Gasteiger partial charge < -0.3 is 5.32 Å². The highest BCUT2D eigenvalue weighted by molar-refractivity contribution is 7.99. The average molecular weight is 514 g/mol. The molecular weight excluding hydrogens is 476 g/mol. The molecule has 0 bridgehead atoms. The van der Waals surface area contributed by atoms with Gasteiger partial charge in [-0.2, -0.15) is 5.10 Å². The van der Waals surface area contributed by atoms with Crippen molar-refractivity contribution in [3.8, 4) is 0 Å². The number of allylic oxidation sites excluding steroid dienone is 1. The first kappa shape index (κ1) is 25.3. The molecule has 1 amide bonds. The molecule has 0 aliphatic carbocycles. The number of hydrogen-bond acceptors (Lipinski definition) is 4. The van der Waals surface area contributed by atoms with E-state index in [2.05, 4.69) is 61.4 Å². The zero-order chi connectivity index (χ0) is 27.9. The van der Waals surface area contributed by atoms with Gasteiger partial charge in [-0.25, -0.2) is 0 Å². The van der Waals surface area contributed by atoms with Gasteiger partial charge in [-0.1, -0.05) is 17.8 Å². The lowest BCUT2D eigenvalue weighted by atomic mass is 9.98. The van der Waals surface area contributed by atoms with Crippen molar-refractivity contribution in [1.29, 1.82) is 0 Å². The Hall–Kier alpha value is -3.38. The number of pyridine rings is 1. The Kier molecular flexibility index (Phi) is 7.20. The van der Waals surface area contributed by atoms with Crippen molar-refractivity contribution in [2.24, 2.45) is 0 Å². The first-order valence-corrected chi connectivity index (χ1v) is 13.4. The number of nitrogens with zero attached hydrogens (tertiary/aromatic N) is 2. The molecule has 37 heavy (non-hydrogen) atoms. The van der Waals surface area contributed by atoms with Crippen LogP contribution in [-0.2, 0) is 0 Å². The molecule has 5 nitrogen and oxygen atoms in total. The van der Waals surface area contributed by atoms with E-state index in [1.54, 1.807) is 0 Å². The molecule has 2 aromatic heterocycles. The number of carbonyl (C=O) groups is 1. The average Bonchev–Trinajstić information content (AvgIpc) is 3.30. The first-order chi connectivity index (χ1) is 18.0. The summed E-state index contributed by atoms with van der Waals surface area (Å²) in [5.41, 5.74) is 11.6. The quantitative estimate of drug-likeness (QED) is 0.279. The molecule has 6 heteroatoms. The molecule has 0 saturated carbocycles. The molecule has 0 aliphatic heterocycles. The van der Waals surface area contributed by atoms with Gasteiger partial charge in [0, 0.05) is 27.4 Å². The van der Waals surface area contributed by atoms with E-state index in [0.717, 1.165) is 66.3 Å². The number of aromatic nitrogens is 3. The Labute approximate surface area is 225 Å². The zero-order valence-electron chi connectivity index (χ0n) is 24.2. The van der Waals surface area contributed by atoms with Crippen LogP contribution in [0, 0.1) is 48.5 Å². The number of benzene rings is 2. The Morgan fingerprint density at radius 1 is 1.03 bits per heavy atom. The van der Waals surface area contributed by atoms with Crippen LogP contribution >= 0.6 is 11.8 Å². The number of nitrogens with one attached hydrogen (secondary N) is 2. The smallest absolute Gasteiger partial charge is 0.252 e. The van der Waals surface area contributed by atoms with E-state index >= 15 is 0 Å². The fourth-order valence-corrected chi connectivity index (χ4v) is 5.79. The lowest BCUT2D eigenvalue weighted by Crippen LogP contribution is -2.24. The minimum Gasteiger partial charge on any atom is -0.352 e. The molecule has 0 aliphatic rings. The van der Waals surface area contributed by atoms with Crippen LogP contribution < -0.4 is 5.32 Å². The second-order valence-electron chi connectivity index (χ2n) is 9.75. The van der Waals surface area contributed by atoms with E-state index in [1.165, 1.54) is 17.3 Å². The van der Waals surface area contributed by atoms with Crippen LogP contribution in [-0.4, -0.2) is 27.6 Å². The van der Waals surface area contributed by atoms with Gasteiger partial charge in [-0.05, 0) is 126 Å². The number of aryl methyl sites for hydroxylation is 3. The van der Waals surface area contributed by atoms with E-state index in [4.69, 9.17) is 6.35 Å². The van der Waals surface area contributed by atoms with E-state index in [-0.39, 0.29) is 5.91 Å². The van der Waals surface area contributed by atoms with Gasteiger partial charge in [-0.3, -0.25) is 14.9 Å². The minimum absolute atomic E-state index is 0.135. The molecule has 0 atom stereocenters. The summed E-state index contributed by atoms with van der Waals surface area (Å²) in [4.78, 5) is 19.5. The maximum Gasteiger partial charge on any atom is 0.252 e. The van der Waals surface area contributed by atoms with Gasteiger partial charge in [0.15, 0.2) is 0 Å². The molecule has 0 spiro atoms. The third-order valence-electron chi connectivity index (χ3n) is 7.29. The third-order valence-corrected chi connectivity index (χ3v) is 8.45. The fraction of sp³-hybridized carbons (Fsp3) is 0.323.